The van der Waals surface area contributed by atoms with Crippen LogP contribution in [0.1, 0.15) is 22.3 Å². The van der Waals surface area contributed by atoms with Crippen molar-refractivity contribution in [1.29, 1.82) is 0 Å². The van der Waals surface area contributed by atoms with Crippen molar-refractivity contribution in [3.8, 4) is 39.1 Å². The van der Waals surface area contributed by atoms with Crippen LogP contribution in [0.5, 0.6) is 0 Å². The van der Waals surface area contributed by atoms with Crippen LogP contribution in [0.3, 0.4) is 0 Å². The molecule has 0 unspecified atom stereocenters. The molecule has 12 aromatic rings. The summed E-state index contributed by atoms with van der Waals surface area (Å²) in [4.78, 5) is 5.09. The second-order valence-corrected chi connectivity index (χ2v) is 19.0. The number of hydrogen-bond donors (Lipinski definition) is 0. The Bertz CT molecular complexity index is 3910. The molecule has 2 heterocycles. The lowest BCUT2D eigenvalue weighted by Gasteiger charge is -2.46. The first kappa shape index (κ1) is 38.9. The van der Waals surface area contributed by atoms with Crippen LogP contribution in [0.15, 0.2) is 265 Å². The fourth-order valence-electron chi connectivity index (χ4n) is 11.7. The molecule has 0 saturated heterocycles. The Labute approximate surface area is 400 Å². The molecule has 2 aliphatic rings. The van der Waals surface area contributed by atoms with Crippen molar-refractivity contribution in [1.82, 2.24) is 4.57 Å². The lowest BCUT2D eigenvalue weighted by Crippen LogP contribution is -2.36. The van der Waals surface area contributed by atoms with E-state index in [1.165, 1.54) is 86.9 Å². The van der Waals surface area contributed by atoms with E-state index in [0.717, 1.165) is 33.8 Å². The predicted molar refractivity (Wildman–Crippen MR) is 285 cm³/mol. The number of anilines is 3. The number of para-hydroxylation sites is 3. The van der Waals surface area contributed by atoms with Crippen LogP contribution < -0.4 is 4.90 Å². The van der Waals surface area contributed by atoms with E-state index in [1.54, 1.807) is 0 Å². The number of hydrogen-bond acceptors (Lipinski definition) is 2. The summed E-state index contributed by atoms with van der Waals surface area (Å²) in [5.74, 6) is 0. The molecular weight excluding hydrogens is 841 g/mol. The van der Waals surface area contributed by atoms with Crippen LogP contribution in [-0.2, 0) is 5.41 Å². The Hall–Kier alpha value is -8.37. The highest BCUT2D eigenvalue weighted by molar-refractivity contribution is 7.99. The summed E-state index contributed by atoms with van der Waals surface area (Å²) in [6, 6.07) is 94.6. The molecule has 0 atom stereocenters. The lowest BCUT2D eigenvalue weighted by molar-refractivity contribution is 0.707. The van der Waals surface area contributed by atoms with Crippen molar-refractivity contribution in [2.45, 2.75) is 15.2 Å². The smallest absolute Gasteiger partial charge is 0.0736 e. The van der Waals surface area contributed by atoms with Gasteiger partial charge in [0.2, 0.25) is 0 Å². The van der Waals surface area contributed by atoms with E-state index in [0.29, 0.717) is 0 Å². The molecule has 0 bridgehead atoms. The van der Waals surface area contributed by atoms with E-state index in [2.05, 4.69) is 264 Å². The number of aromatic nitrogens is 1. The zero-order valence-corrected chi connectivity index (χ0v) is 37.9. The first-order chi connectivity index (χ1) is 33.8. The van der Waals surface area contributed by atoms with Gasteiger partial charge in [-0.25, -0.2) is 0 Å². The van der Waals surface area contributed by atoms with E-state index < -0.39 is 5.41 Å². The first-order valence-electron chi connectivity index (χ1n) is 23.4. The van der Waals surface area contributed by atoms with Gasteiger partial charge >= 0.3 is 0 Å². The minimum atomic E-state index is -0.584. The van der Waals surface area contributed by atoms with Gasteiger partial charge < -0.3 is 9.47 Å². The molecule has 3 heteroatoms. The van der Waals surface area contributed by atoms with E-state index in [-0.39, 0.29) is 0 Å². The van der Waals surface area contributed by atoms with Crippen molar-refractivity contribution in [2.75, 3.05) is 4.90 Å². The van der Waals surface area contributed by atoms with Crippen LogP contribution in [-0.4, -0.2) is 4.57 Å². The fraction of sp³-hybridized carbons (Fsp3) is 0.0154. The maximum Gasteiger partial charge on any atom is 0.0736 e. The van der Waals surface area contributed by atoms with Gasteiger partial charge in [0, 0.05) is 43.1 Å². The minimum absolute atomic E-state index is 0.584. The highest BCUT2D eigenvalue weighted by Gasteiger charge is 2.48. The highest BCUT2D eigenvalue weighted by Crippen LogP contribution is 2.62. The molecule has 1 aromatic heterocycles. The molecule has 14 rings (SSSR count). The average molecular weight is 883 g/mol. The third kappa shape index (κ3) is 5.66. The van der Waals surface area contributed by atoms with Gasteiger partial charge in [-0.05, 0) is 110 Å². The van der Waals surface area contributed by atoms with E-state index >= 15 is 0 Å². The van der Waals surface area contributed by atoms with Crippen LogP contribution in [0, 0.1) is 0 Å². The maximum atomic E-state index is 2.53. The van der Waals surface area contributed by atoms with Gasteiger partial charge in [-0.3, -0.25) is 0 Å². The minimum Gasteiger partial charge on any atom is -0.310 e. The van der Waals surface area contributed by atoms with E-state index in [4.69, 9.17) is 0 Å². The second kappa shape index (κ2) is 15.4. The molecule has 318 valence electrons. The number of nitrogens with zero attached hydrogens (tertiary/aromatic N) is 2. The van der Waals surface area contributed by atoms with Gasteiger partial charge in [0.05, 0.1) is 27.8 Å². The molecule has 11 aromatic carbocycles. The average Bonchev–Trinajstić information content (AvgIpc) is 3.74. The Morgan fingerprint density at radius 1 is 0.353 bits per heavy atom. The Morgan fingerprint density at radius 3 is 1.69 bits per heavy atom. The largest absolute Gasteiger partial charge is 0.310 e. The molecule has 1 aliphatic carbocycles. The van der Waals surface area contributed by atoms with Gasteiger partial charge in [0.1, 0.15) is 0 Å². The van der Waals surface area contributed by atoms with Crippen molar-refractivity contribution < 1.29 is 0 Å². The molecule has 0 amide bonds. The quantitative estimate of drug-likeness (QED) is 0.164. The normalized spacial score (nSPS) is 13.1. The summed E-state index contributed by atoms with van der Waals surface area (Å²) in [7, 11) is 0. The van der Waals surface area contributed by atoms with Gasteiger partial charge in [0.25, 0.3) is 0 Å². The van der Waals surface area contributed by atoms with Crippen LogP contribution in [0.2, 0.25) is 0 Å². The monoisotopic (exact) mass is 882 g/mol. The molecule has 1 aliphatic heterocycles. The third-order valence-electron chi connectivity index (χ3n) is 14.4. The summed E-state index contributed by atoms with van der Waals surface area (Å²) in [6.45, 7) is 0. The van der Waals surface area contributed by atoms with Crippen molar-refractivity contribution in [3.63, 3.8) is 0 Å². The van der Waals surface area contributed by atoms with Crippen LogP contribution >= 0.6 is 11.8 Å². The summed E-state index contributed by atoms with van der Waals surface area (Å²) < 4.78 is 2.48. The second-order valence-electron chi connectivity index (χ2n) is 17.9. The van der Waals surface area contributed by atoms with Crippen molar-refractivity contribution in [3.05, 3.63) is 277 Å². The molecule has 0 radical (unpaired) electrons. The molecule has 0 N–H and O–H groups in total. The summed E-state index contributed by atoms with van der Waals surface area (Å²) >= 11 is 1.89. The molecule has 1 spiro atoms. The molecule has 68 heavy (non-hydrogen) atoms. The van der Waals surface area contributed by atoms with Gasteiger partial charge in [-0.1, -0.05) is 212 Å². The number of fused-ring (bicyclic) bond motifs is 11. The summed E-state index contributed by atoms with van der Waals surface area (Å²) in [6.07, 6.45) is 0. The van der Waals surface area contributed by atoms with Crippen molar-refractivity contribution >= 4 is 61.4 Å². The van der Waals surface area contributed by atoms with Crippen LogP contribution in [0.25, 0.3) is 71.6 Å². The van der Waals surface area contributed by atoms with E-state index in [9.17, 15) is 0 Å². The van der Waals surface area contributed by atoms with Gasteiger partial charge in [-0.15, -0.1) is 0 Å². The highest BCUT2D eigenvalue weighted by atomic mass is 32.2. The van der Waals surface area contributed by atoms with Gasteiger partial charge in [0.15, 0.2) is 0 Å². The first-order valence-corrected chi connectivity index (χ1v) is 24.2. The molecular formula is C65H42N2S. The standard InChI is InChI=1S/C65H42N2S/c1-3-19-43(20-4-1)48-25-7-12-32-58(48)66(47-38-40-52-51-27-9-14-34-60(51)67(61(52)42-47)59-33-13-8-26-49(59)44-21-5-2-6-22-44)46-37-39-50-53-28-17-23-45-24-18-31-56(64(45)53)65(57(50)41-46)54-29-10-15-35-62(54)68-63-36-16-11-30-55(63)65/h1-42H. The Balaban J connectivity index is 1.09. The molecule has 0 saturated carbocycles. The fourth-order valence-corrected chi connectivity index (χ4v) is 12.9. The number of benzene rings is 11. The summed E-state index contributed by atoms with van der Waals surface area (Å²) in [5, 5.41) is 5.03. The predicted octanol–water partition coefficient (Wildman–Crippen LogP) is 17.6. The van der Waals surface area contributed by atoms with Gasteiger partial charge in [-0.2, -0.15) is 0 Å². The Morgan fingerprint density at radius 2 is 0.912 bits per heavy atom. The zero-order valence-electron chi connectivity index (χ0n) is 37.1. The topological polar surface area (TPSA) is 8.17 Å². The number of rotatable bonds is 6. The van der Waals surface area contributed by atoms with E-state index in [1.807, 2.05) is 11.8 Å². The van der Waals surface area contributed by atoms with Crippen LogP contribution in [0.4, 0.5) is 17.1 Å². The maximum absolute atomic E-state index is 2.53. The zero-order chi connectivity index (χ0) is 44.8. The Kier molecular flexibility index (Phi) is 8.77. The molecule has 0 fully saturated rings. The SMILES string of the molecule is c1ccc(-c2ccccc2N(c2ccc3c(c2)C2(c4ccccc4Sc4ccccc42)c2cccc4cccc-3c24)c2ccc3c4ccccc4n(-c4ccccc4-c4ccccc4)c3c2)cc1. The molecule has 2 nitrogen and oxygen atoms in total. The summed E-state index contributed by atoms with van der Waals surface area (Å²) in [5.41, 5.74) is 18.7. The third-order valence-corrected chi connectivity index (χ3v) is 15.6. The lowest BCUT2D eigenvalue weighted by atomic mass is 9.59. The van der Waals surface area contributed by atoms with Crippen molar-refractivity contribution in [2.24, 2.45) is 0 Å².